The number of aliphatic imine (C=N–C) groups is 1. The van der Waals surface area contributed by atoms with Crippen LogP contribution < -0.4 is 5.32 Å². The molecule has 2 aliphatic heterocycles. The van der Waals surface area contributed by atoms with Crippen molar-refractivity contribution in [2.45, 2.75) is 71.3 Å². The number of aromatic nitrogens is 1. The highest BCUT2D eigenvalue weighted by Crippen LogP contribution is 2.43. The Labute approximate surface area is 181 Å². The third-order valence-corrected chi connectivity index (χ3v) is 8.45. The summed E-state index contributed by atoms with van der Waals surface area (Å²) in [4.78, 5) is 14.5. The van der Waals surface area contributed by atoms with Crippen molar-refractivity contribution in [3.63, 3.8) is 0 Å². The van der Waals surface area contributed by atoms with Crippen molar-refractivity contribution >= 4 is 17.3 Å². The second-order valence-corrected chi connectivity index (χ2v) is 10.4. The van der Waals surface area contributed by atoms with Crippen molar-refractivity contribution < 1.29 is 0 Å². The lowest BCUT2D eigenvalue weighted by Gasteiger charge is -2.34. The van der Waals surface area contributed by atoms with Crippen LogP contribution in [0.1, 0.15) is 69.0 Å². The summed E-state index contributed by atoms with van der Waals surface area (Å²) in [5.41, 5.74) is 1.85. The molecule has 3 aliphatic rings. The first kappa shape index (κ1) is 21.1. The SMILES string of the molecule is CCc1nc(CN2CCC(CNC(=NC)N3CCC4(CCCCC4)C3)CC2)cs1. The van der Waals surface area contributed by atoms with Crippen molar-refractivity contribution in [3.8, 4) is 0 Å². The number of aryl methyl sites for hydroxylation is 1. The normalized spacial score (nSPS) is 23.8. The van der Waals surface area contributed by atoms with Gasteiger partial charge in [0.2, 0.25) is 0 Å². The first-order chi connectivity index (χ1) is 14.2. The zero-order valence-corrected chi connectivity index (χ0v) is 19.3. The molecule has 0 bridgehead atoms. The number of likely N-dealkylation sites (tertiary alicyclic amines) is 2. The molecule has 0 aromatic carbocycles. The third kappa shape index (κ3) is 5.32. The number of nitrogens with zero attached hydrogens (tertiary/aromatic N) is 4. The molecule has 1 spiro atoms. The Kier molecular flexibility index (Phi) is 7.12. The van der Waals surface area contributed by atoms with Crippen LogP contribution in [0.25, 0.3) is 0 Å². The molecule has 4 rings (SSSR count). The number of nitrogens with one attached hydrogen (secondary N) is 1. The van der Waals surface area contributed by atoms with Gasteiger partial charge in [0.05, 0.1) is 10.7 Å². The molecule has 6 heteroatoms. The highest BCUT2D eigenvalue weighted by Gasteiger charge is 2.39. The van der Waals surface area contributed by atoms with E-state index in [0.717, 1.165) is 31.4 Å². The van der Waals surface area contributed by atoms with E-state index in [0.29, 0.717) is 5.41 Å². The lowest BCUT2D eigenvalue weighted by atomic mass is 9.73. The molecule has 0 unspecified atom stereocenters. The molecule has 2 saturated heterocycles. The Balaban J connectivity index is 1.19. The fourth-order valence-electron chi connectivity index (χ4n) is 5.56. The van der Waals surface area contributed by atoms with Crippen LogP contribution in [0.4, 0.5) is 0 Å². The van der Waals surface area contributed by atoms with E-state index in [1.165, 1.54) is 88.2 Å². The van der Waals surface area contributed by atoms with Gasteiger partial charge in [-0.1, -0.05) is 26.2 Å². The molecule has 3 fully saturated rings. The molecule has 1 aromatic rings. The minimum Gasteiger partial charge on any atom is -0.356 e. The second-order valence-electron chi connectivity index (χ2n) is 9.47. The van der Waals surface area contributed by atoms with E-state index in [1.807, 2.05) is 7.05 Å². The molecular formula is C23H39N5S. The first-order valence-corrected chi connectivity index (χ1v) is 12.7. The van der Waals surface area contributed by atoms with Crippen molar-refractivity contribution in [1.29, 1.82) is 0 Å². The van der Waals surface area contributed by atoms with Gasteiger partial charge >= 0.3 is 0 Å². The summed E-state index contributed by atoms with van der Waals surface area (Å²) in [5, 5.41) is 7.23. The monoisotopic (exact) mass is 417 g/mol. The van der Waals surface area contributed by atoms with E-state index in [-0.39, 0.29) is 0 Å². The van der Waals surface area contributed by atoms with E-state index >= 15 is 0 Å². The maximum atomic E-state index is 4.74. The summed E-state index contributed by atoms with van der Waals surface area (Å²) in [6.07, 6.45) is 12.1. The molecule has 3 heterocycles. The number of thiazole rings is 1. The summed E-state index contributed by atoms with van der Waals surface area (Å²) >= 11 is 1.81. The van der Waals surface area contributed by atoms with Crippen molar-refractivity contribution in [1.82, 2.24) is 20.1 Å². The third-order valence-electron chi connectivity index (χ3n) is 7.41. The standard InChI is InChI=1S/C23H39N5S/c1-3-21-26-20(17-29-21)16-27-12-7-19(8-13-27)15-25-22(24-2)28-14-11-23(18-28)9-5-4-6-10-23/h17,19H,3-16,18H2,1-2H3,(H,24,25). The fourth-order valence-corrected chi connectivity index (χ4v) is 6.29. The van der Waals surface area contributed by atoms with Crippen LogP contribution >= 0.6 is 11.3 Å². The molecule has 1 N–H and O–H groups in total. The predicted molar refractivity (Wildman–Crippen MR) is 123 cm³/mol. The summed E-state index contributed by atoms with van der Waals surface area (Å²) in [7, 11) is 1.95. The minimum absolute atomic E-state index is 0.592. The fraction of sp³-hybridized carbons (Fsp3) is 0.826. The lowest BCUT2D eigenvalue weighted by Crippen LogP contribution is -2.45. The van der Waals surface area contributed by atoms with Crippen molar-refractivity contribution in [2.24, 2.45) is 16.3 Å². The Morgan fingerprint density at radius 2 is 2.00 bits per heavy atom. The molecule has 0 radical (unpaired) electrons. The molecular weight excluding hydrogens is 378 g/mol. The summed E-state index contributed by atoms with van der Waals surface area (Å²) < 4.78 is 0. The number of hydrogen-bond donors (Lipinski definition) is 1. The van der Waals surface area contributed by atoms with Gasteiger partial charge in [-0.3, -0.25) is 9.89 Å². The highest BCUT2D eigenvalue weighted by molar-refractivity contribution is 7.09. The Morgan fingerprint density at radius 3 is 2.69 bits per heavy atom. The van der Waals surface area contributed by atoms with Gasteiger partial charge in [0.25, 0.3) is 0 Å². The summed E-state index contributed by atoms with van der Waals surface area (Å²) in [5.74, 6) is 1.90. The molecule has 1 aromatic heterocycles. The van der Waals surface area contributed by atoms with Crippen LogP contribution in [-0.2, 0) is 13.0 Å². The van der Waals surface area contributed by atoms with Crippen LogP contribution in [0.2, 0.25) is 0 Å². The van der Waals surface area contributed by atoms with Gasteiger partial charge in [0, 0.05) is 38.6 Å². The van der Waals surface area contributed by atoms with Crippen LogP contribution in [0.3, 0.4) is 0 Å². The number of piperidine rings is 1. The number of rotatable bonds is 5. The van der Waals surface area contributed by atoms with Gasteiger partial charge in [-0.25, -0.2) is 4.98 Å². The quantitative estimate of drug-likeness (QED) is 0.577. The number of hydrogen-bond acceptors (Lipinski definition) is 4. The molecule has 29 heavy (non-hydrogen) atoms. The zero-order valence-electron chi connectivity index (χ0n) is 18.5. The van der Waals surface area contributed by atoms with Gasteiger partial charge < -0.3 is 10.2 Å². The highest BCUT2D eigenvalue weighted by atomic mass is 32.1. The van der Waals surface area contributed by atoms with Gasteiger partial charge in [0.15, 0.2) is 5.96 Å². The molecule has 1 aliphatic carbocycles. The van der Waals surface area contributed by atoms with E-state index in [1.54, 1.807) is 11.3 Å². The minimum atomic E-state index is 0.592. The zero-order chi connectivity index (χ0) is 20.1. The Morgan fingerprint density at radius 1 is 1.21 bits per heavy atom. The van der Waals surface area contributed by atoms with Gasteiger partial charge in [0.1, 0.15) is 0 Å². The second kappa shape index (κ2) is 9.78. The van der Waals surface area contributed by atoms with Gasteiger partial charge in [-0.05, 0) is 62.9 Å². The topological polar surface area (TPSA) is 43.8 Å². The van der Waals surface area contributed by atoms with Crippen LogP contribution in [0.15, 0.2) is 10.4 Å². The van der Waals surface area contributed by atoms with Gasteiger partial charge in [-0.15, -0.1) is 11.3 Å². The summed E-state index contributed by atoms with van der Waals surface area (Å²) in [6.45, 7) is 9.07. The molecule has 5 nitrogen and oxygen atoms in total. The average Bonchev–Trinajstić information content (AvgIpc) is 3.38. The van der Waals surface area contributed by atoms with Crippen LogP contribution in [0.5, 0.6) is 0 Å². The van der Waals surface area contributed by atoms with E-state index < -0.39 is 0 Å². The predicted octanol–water partition coefficient (Wildman–Crippen LogP) is 4.15. The number of guanidine groups is 1. The molecule has 0 amide bonds. The van der Waals surface area contributed by atoms with E-state index in [4.69, 9.17) is 4.98 Å². The first-order valence-electron chi connectivity index (χ1n) is 11.8. The molecule has 0 atom stereocenters. The van der Waals surface area contributed by atoms with Crippen LogP contribution in [-0.4, -0.2) is 60.5 Å². The Hall–Kier alpha value is -1.14. The lowest BCUT2D eigenvalue weighted by molar-refractivity contribution is 0.175. The largest absolute Gasteiger partial charge is 0.356 e. The maximum Gasteiger partial charge on any atom is 0.193 e. The van der Waals surface area contributed by atoms with E-state index in [9.17, 15) is 0 Å². The smallest absolute Gasteiger partial charge is 0.193 e. The molecule has 162 valence electrons. The Bertz CT molecular complexity index is 671. The maximum absolute atomic E-state index is 4.74. The van der Waals surface area contributed by atoms with Crippen molar-refractivity contribution in [3.05, 3.63) is 16.1 Å². The molecule has 1 saturated carbocycles. The average molecular weight is 418 g/mol. The van der Waals surface area contributed by atoms with Gasteiger partial charge in [-0.2, -0.15) is 0 Å². The van der Waals surface area contributed by atoms with E-state index in [2.05, 4.69) is 32.4 Å². The van der Waals surface area contributed by atoms with Crippen LogP contribution in [0, 0.1) is 11.3 Å². The van der Waals surface area contributed by atoms with Crippen molar-refractivity contribution in [2.75, 3.05) is 39.8 Å². The summed E-state index contributed by atoms with van der Waals surface area (Å²) in [6, 6.07) is 0.